The van der Waals surface area contributed by atoms with Gasteiger partial charge in [-0.15, -0.1) is 5.14 Å². The predicted molar refractivity (Wildman–Crippen MR) is 49.4 cm³/mol. The van der Waals surface area contributed by atoms with Gasteiger partial charge in [-0.1, -0.05) is 0 Å². The predicted octanol–water partition coefficient (Wildman–Crippen LogP) is -0.144. The van der Waals surface area contributed by atoms with Gasteiger partial charge in [0, 0.05) is 20.5 Å². The lowest BCUT2D eigenvalue weighted by Gasteiger charge is -2.16. The summed E-state index contributed by atoms with van der Waals surface area (Å²) in [4.78, 5) is 12.2. The minimum Gasteiger partial charge on any atom is -0.346 e. The van der Waals surface area contributed by atoms with Gasteiger partial charge < -0.3 is 4.90 Å². The quantitative estimate of drug-likeness (QED) is 0.643. The highest BCUT2D eigenvalue weighted by molar-refractivity contribution is 7.89. The molecule has 1 unspecified atom stereocenters. The summed E-state index contributed by atoms with van der Waals surface area (Å²) >= 11 is 0. The van der Waals surface area contributed by atoms with Crippen molar-refractivity contribution >= 4 is 15.9 Å². The molecule has 1 amide bonds. The van der Waals surface area contributed by atoms with Gasteiger partial charge in [0.05, 0.1) is 5.25 Å². The van der Waals surface area contributed by atoms with Crippen LogP contribution in [0.2, 0.25) is 0 Å². The molecule has 0 aromatic heterocycles. The third-order valence-electron chi connectivity index (χ3n) is 1.94. The van der Waals surface area contributed by atoms with Gasteiger partial charge >= 0.3 is 0 Å². The summed E-state index contributed by atoms with van der Waals surface area (Å²) in [6.07, 6.45) is 0.307. The first-order valence-electron chi connectivity index (χ1n) is 3.95. The Hall–Kier alpha value is -0.620. The van der Waals surface area contributed by atoms with Crippen molar-refractivity contribution in [1.29, 1.82) is 0 Å². The Morgan fingerprint density at radius 1 is 1.54 bits per heavy atom. The zero-order valence-electron chi connectivity index (χ0n) is 8.07. The number of rotatable bonds is 4. The van der Waals surface area contributed by atoms with Crippen LogP contribution in [0.3, 0.4) is 0 Å². The lowest BCUT2D eigenvalue weighted by molar-refractivity contribution is -0.127. The van der Waals surface area contributed by atoms with E-state index in [1.807, 2.05) is 0 Å². The van der Waals surface area contributed by atoms with Crippen molar-refractivity contribution < 1.29 is 13.2 Å². The molecule has 13 heavy (non-hydrogen) atoms. The normalized spacial score (nSPS) is 13.8. The maximum atomic E-state index is 10.7. The number of carbonyl (C=O) groups is 1. The number of nitrogens with one attached hydrogen (secondary N) is 1. The SMILES string of the molecule is CC(=O)N(C)CCC(C)S([NH])(=O)=O. The second kappa shape index (κ2) is 4.57. The summed E-state index contributed by atoms with van der Waals surface area (Å²) in [5.74, 6) is -0.102. The second-order valence-corrected chi connectivity index (χ2v) is 4.98. The van der Waals surface area contributed by atoms with E-state index in [4.69, 9.17) is 5.14 Å². The van der Waals surface area contributed by atoms with Crippen molar-refractivity contribution in [2.75, 3.05) is 13.6 Å². The number of hydrogen-bond acceptors (Lipinski definition) is 3. The average Bonchev–Trinajstić information content (AvgIpc) is 1.97. The molecule has 0 aromatic carbocycles. The van der Waals surface area contributed by atoms with Crippen molar-refractivity contribution in [3.05, 3.63) is 0 Å². The van der Waals surface area contributed by atoms with Crippen LogP contribution >= 0.6 is 0 Å². The Morgan fingerprint density at radius 2 is 2.00 bits per heavy atom. The van der Waals surface area contributed by atoms with E-state index in [-0.39, 0.29) is 5.91 Å². The third-order valence-corrected chi connectivity index (χ3v) is 3.23. The van der Waals surface area contributed by atoms with Crippen LogP contribution in [0.4, 0.5) is 0 Å². The molecule has 0 rings (SSSR count). The molecule has 0 aliphatic rings. The van der Waals surface area contributed by atoms with Gasteiger partial charge in [-0.25, -0.2) is 8.42 Å². The van der Waals surface area contributed by atoms with Crippen LogP contribution in [0.15, 0.2) is 0 Å². The first-order valence-corrected chi connectivity index (χ1v) is 5.50. The molecular formula is C7H15N2O3S. The van der Waals surface area contributed by atoms with Crippen molar-refractivity contribution in [2.24, 2.45) is 0 Å². The Bertz CT molecular complexity index is 273. The molecule has 6 heteroatoms. The summed E-state index contributed by atoms with van der Waals surface area (Å²) < 4.78 is 21.4. The van der Waals surface area contributed by atoms with Crippen molar-refractivity contribution in [1.82, 2.24) is 10.0 Å². The van der Waals surface area contributed by atoms with E-state index in [2.05, 4.69) is 0 Å². The molecule has 0 bridgehead atoms. The zero-order valence-corrected chi connectivity index (χ0v) is 8.89. The van der Waals surface area contributed by atoms with Crippen LogP contribution in [0.25, 0.3) is 0 Å². The maximum absolute atomic E-state index is 10.7. The van der Waals surface area contributed by atoms with E-state index in [1.54, 1.807) is 7.05 Å². The molecule has 0 spiro atoms. The molecule has 77 valence electrons. The van der Waals surface area contributed by atoms with Gasteiger partial charge in [0.25, 0.3) is 0 Å². The fourth-order valence-electron chi connectivity index (χ4n) is 0.688. The maximum Gasteiger partial charge on any atom is 0.227 e. The molecule has 1 radical (unpaired) electrons. The number of nitrogens with zero attached hydrogens (tertiary/aromatic N) is 1. The molecule has 1 atom stereocenters. The fraction of sp³-hybridized carbons (Fsp3) is 0.857. The topological polar surface area (TPSA) is 78.2 Å². The summed E-state index contributed by atoms with van der Waals surface area (Å²) in [6.45, 7) is 3.25. The molecule has 0 saturated carbocycles. The van der Waals surface area contributed by atoms with Gasteiger partial charge in [-0.2, -0.15) is 0 Å². The Kier molecular flexibility index (Phi) is 4.35. The minimum absolute atomic E-state index is 0.102. The van der Waals surface area contributed by atoms with Gasteiger partial charge in [0.1, 0.15) is 0 Å². The van der Waals surface area contributed by atoms with Gasteiger partial charge in [0.15, 0.2) is 0 Å². The Balaban J connectivity index is 3.98. The highest BCUT2D eigenvalue weighted by Gasteiger charge is 2.17. The van der Waals surface area contributed by atoms with Crippen LogP contribution in [0.5, 0.6) is 0 Å². The molecule has 0 aliphatic carbocycles. The summed E-state index contributed by atoms with van der Waals surface area (Å²) in [6, 6.07) is 0. The number of hydrogen-bond donors (Lipinski definition) is 0. The molecular weight excluding hydrogens is 192 g/mol. The molecule has 0 aromatic rings. The zero-order chi connectivity index (χ0) is 10.6. The Labute approximate surface area is 79.0 Å². The first kappa shape index (κ1) is 12.4. The van der Waals surface area contributed by atoms with Crippen molar-refractivity contribution in [3.8, 4) is 0 Å². The minimum atomic E-state index is -3.71. The third kappa shape index (κ3) is 4.84. The standard InChI is InChI=1S/C7H15N2O3S/c1-6(13(8,11)12)4-5-9(3)7(2)10/h6,8H,4-5H2,1-3H3. The van der Waals surface area contributed by atoms with Gasteiger partial charge in [-0.3, -0.25) is 4.79 Å². The van der Waals surface area contributed by atoms with Gasteiger partial charge in [-0.05, 0) is 13.3 Å². The number of sulfonamides is 1. The van der Waals surface area contributed by atoms with Crippen LogP contribution in [0, 0.1) is 0 Å². The van der Waals surface area contributed by atoms with Crippen LogP contribution in [-0.4, -0.2) is 38.1 Å². The lowest BCUT2D eigenvalue weighted by atomic mass is 10.3. The molecule has 0 heterocycles. The molecule has 1 N–H and O–H groups in total. The Morgan fingerprint density at radius 3 is 2.31 bits per heavy atom. The van der Waals surface area contributed by atoms with E-state index in [1.165, 1.54) is 18.7 Å². The summed E-state index contributed by atoms with van der Waals surface area (Å²) in [7, 11) is -2.11. The first-order chi connectivity index (χ1) is 5.75. The number of carbonyl (C=O) groups excluding carboxylic acids is 1. The van der Waals surface area contributed by atoms with E-state index in [0.29, 0.717) is 13.0 Å². The van der Waals surface area contributed by atoms with Crippen LogP contribution < -0.4 is 5.14 Å². The fourth-order valence-corrected chi connectivity index (χ4v) is 1.10. The second-order valence-electron chi connectivity index (χ2n) is 3.08. The van der Waals surface area contributed by atoms with E-state index >= 15 is 0 Å². The molecule has 0 saturated heterocycles. The lowest BCUT2D eigenvalue weighted by Crippen LogP contribution is -2.29. The van der Waals surface area contributed by atoms with Crippen LogP contribution in [0.1, 0.15) is 20.3 Å². The summed E-state index contributed by atoms with van der Waals surface area (Å²) in [5, 5.41) is 6.04. The van der Waals surface area contributed by atoms with Crippen LogP contribution in [-0.2, 0) is 14.8 Å². The highest BCUT2D eigenvalue weighted by atomic mass is 32.2. The number of amides is 1. The molecule has 5 nitrogen and oxygen atoms in total. The van der Waals surface area contributed by atoms with Crippen molar-refractivity contribution in [2.45, 2.75) is 25.5 Å². The average molecular weight is 207 g/mol. The van der Waals surface area contributed by atoms with E-state index < -0.39 is 15.3 Å². The monoisotopic (exact) mass is 207 g/mol. The highest BCUT2D eigenvalue weighted by Crippen LogP contribution is 2.03. The van der Waals surface area contributed by atoms with E-state index in [9.17, 15) is 13.2 Å². The van der Waals surface area contributed by atoms with Crippen molar-refractivity contribution in [3.63, 3.8) is 0 Å². The summed E-state index contributed by atoms with van der Waals surface area (Å²) in [5.41, 5.74) is 0. The van der Waals surface area contributed by atoms with E-state index in [0.717, 1.165) is 0 Å². The smallest absolute Gasteiger partial charge is 0.227 e. The largest absolute Gasteiger partial charge is 0.346 e. The molecule has 0 aliphatic heterocycles. The molecule has 0 fully saturated rings. The van der Waals surface area contributed by atoms with Gasteiger partial charge in [0.2, 0.25) is 15.9 Å².